The number of aliphatic hydroxyl groups is 1. The van der Waals surface area contributed by atoms with E-state index in [2.05, 4.69) is 54.3 Å². The highest BCUT2D eigenvalue weighted by molar-refractivity contribution is 7.15. The highest BCUT2D eigenvalue weighted by atomic mass is 32.1. The molecule has 250 valence electrons. The SMILES string of the molecule is COc1ccc([C@H]2CC[C@H](CN(c3cccc(-c4cnc(C5CC5)s4)c3)C(=O)[C@H]3CC[C@H](OC(=O)N4CC(O)C4)CC3)CC2)cc1C. The van der Waals surface area contributed by atoms with Gasteiger partial charge in [-0.2, -0.15) is 0 Å². The molecular weight excluding hydrogens is 611 g/mol. The molecule has 0 radical (unpaired) electrons. The van der Waals surface area contributed by atoms with E-state index in [0.29, 0.717) is 56.5 Å². The molecule has 3 aromatic rings. The number of β-amino-alcohol motifs (C(OH)–C–C–N with tert-alkyl or cyclic N) is 1. The summed E-state index contributed by atoms with van der Waals surface area (Å²) >= 11 is 1.78. The molecule has 2 heterocycles. The second-order valence-corrected chi connectivity index (χ2v) is 15.3. The van der Waals surface area contributed by atoms with Crippen LogP contribution in [0.4, 0.5) is 10.5 Å². The van der Waals surface area contributed by atoms with Crippen LogP contribution in [0.1, 0.15) is 92.2 Å². The summed E-state index contributed by atoms with van der Waals surface area (Å²) in [7, 11) is 1.72. The number of methoxy groups -OCH3 is 1. The van der Waals surface area contributed by atoms with Crippen LogP contribution in [-0.4, -0.2) is 65.9 Å². The Morgan fingerprint density at radius 3 is 2.38 bits per heavy atom. The number of likely N-dealkylation sites (tertiary alicyclic amines) is 1. The molecule has 1 aromatic heterocycles. The van der Waals surface area contributed by atoms with E-state index in [0.717, 1.165) is 54.1 Å². The van der Waals surface area contributed by atoms with E-state index in [1.165, 1.54) is 33.9 Å². The topological polar surface area (TPSA) is 92.2 Å². The molecule has 7 rings (SSSR count). The highest BCUT2D eigenvalue weighted by Crippen LogP contribution is 2.44. The van der Waals surface area contributed by atoms with Crippen molar-refractivity contribution in [3.8, 4) is 16.2 Å². The fraction of sp³-hybridized carbons (Fsp3) is 0.553. The molecule has 2 amide bonds. The highest BCUT2D eigenvalue weighted by Gasteiger charge is 2.36. The number of thiazole rings is 1. The molecular formula is C38H47N3O5S. The second kappa shape index (κ2) is 14.0. The number of hydrogen-bond acceptors (Lipinski definition) is 7. The summed E-state index contributed by atoms with van der Waals surface area (Å²) in [6.07, 6.45) is 10.7. The molecule has 47 heavy (non-hydrogen) atoms. The lowest BCUT2D eigenvalue weighted by Gasteiger charge is -2.38. The van der Waals surface area contributed by atoms with Gasteiger partial charge in [0.2, 0.25) is 5.91 Å². The van der Waals surface area contributed by atoms with Crippen molar-refractivity contribution in [2.75, 3.05) is 31.6 Å². The zero-order valence-corrected chi connectivity index (χ0v) is 28.4. The van der Waals surface area contributed by atoms with Gasteiger partial charge in [0.1, 0.15) is 11.9 Å². The zero-order chi connectivity index (χ0) is 32.5. The van der Waals surface area contributed by atoms with Gasteiger partial charge in [-0.3, -0.25) is 4.79 Å². The minimum atomic E-state index is -0.446. The first kappa shape index (κ1) is 32.1. The quantitative estimate of drug-likeness (QED) is 0.254. The second-order valence-electron chi connectivity index (χ2n) is 14.2. The van der Waals surface area contributed by atoms with Crippen molar-refractivity contribution in [1.29, 1.82) is 0 Å². The van der Waals surface area contributed by atoms with E-state index >= 15 is 0 Å². The van der Waals surface area contributed by atoms with Gasteiger partial charge in [-0.15, -0.1) is 11.3 Å². The van der Waals surface area contributed by atoms with E-state index in [4.69, 9.17) is 14.5 Å². The Morgan fingerprint density at radius 1 is 0.957 bits per heavy atom. The molecule has 9 heteroatoms. The minimum Gasteiger partial charge on any atom is -0.496 e. The Balaban J connectivity index is 1.04. The van der Waals surface area contributed by atoms with Crippen LogP contribution in [0, 0.1) is 18.8 Å². The Labute approximate surface area is 282 Å². The number of hydrogen-bond donors (Lipinski definition) is 1. The van der Waals surface area contributed by atoms with Gasteiger partial charge in [0, 0.05) is 30.3 Å². The van der Waals surface area contributed by atoms with Crippen molar-refractivity contribution >= 4 is 29.0 Å². The zero-order valence-electron chi connectivity index (χ0n) is 27.6. The third-order valence-electron chi connectivity index (χ3n) is 10.7. The average Bonchev–Trinajstić information content (AvgIpc) is 3.81. The van der Waals surface area contributed by atoms with Crippen molar-refractivity contribution in [1.82, 2.24) is 9.88 Å². The number of aromatic nitrogens is 1. The summed E-state index contributed by atoms with van der Waals surface area (Å²) in [5.74, 6) is 2.62. The van der Waals surface area contributed by atoms with Gasteiger partial charge < -0.3 is 24.4 Å². The largest absolute Gasteiger partial charge is 0.496 e. The summed E-state index contributed by atoms with van der Waals surface area (Å²) < 4.78 is 11.2. The fourth-order valence-corrected chi connectivity index (χ4v) is 8.73. The summed E-state index contributed by atoms with van der Waals surface area (Å²) in [4.78, 5) is 36.3. The monoisotopic (exact) mass is 657 g/mol. The van der Waals surface area contributed by atoms with Crippen molar-refractivity contribution in [3.05, 3.63) is 64.8 Å². The van der Waals surface area contributed by atoms with E-state index in [1.807, 2.05) is 6.20 Å². The van der Waals surface area contributed by atoms with Crippen LogP contribution in [0.25, 0.3) is 10.4 Å². The molecule has 0 atom stereocenters. The summed E-state index contributed by atoms with van der Waals surface area (Å²) in [5.41, 5.74) is 4.65. The minimum absolute atomic E-state index is 0.0945. The van der Waals surface area contributed by atoms with Crippen molar-refractivity contribution in [2.24, 2.45) is 11.8 Å². The normalized spacial score (nSPS) is 24.8. The van der Waals surface area contributed by atoms with E-state index in [1.54, 1.807) is 18.4 Å². The molecule has 0 bridgehead atoms. The number of aliphatic hydroxyl groups excluding tert-OH is 1. The molecule has 4 fully saturated rings. The lowest BCUT2D eigenvalue weighted by atomic mass is 9.78. The first-order valence-corrected chi connectivity index (χ1v) is 18.3. The molecule has 2 aromatic carbocycles. The summed E-state index contributed by atoms with van der Waals surface area (Å²) in [5, 5.41) is 10.8. The number of benzene rings is 2. The molecule has 0 spiro atoms. The molecule has 1 saturated heterocycles. The third kappa shape index (κ3) is 7.36. The van der Waals surface area contributed by atoms with E-state index in [-0.39, 0.29) is 24.0 Å². The van der Waals surface area contributed by atoms with Gasteiger partial charge in [-0.1, -0.05) is 24.3 Å². The van der Waals surface area contributed by atoms with Gasteiger partial charge in [0.05, 0.1) is 36.2 Å². The molecule has 3 aliphatic carbocycles. The van der Waals surface area contributed by atoms with Crippen LogP contribution in [0.15, 0.2) is 48.7 Å². The van der Waals surface area contributed by atoms with E-state index < -0.39 is 6.10 Å². The van der Waals surface area contributed by atoms with Gasteiger partial charge in [-0.25, -0.2) is 9.78 Å². The van der Waals surface area contributed by atoms with Crippen molar-refractivity contribution in [3.63, 3.8) is 0 Å². The van der Waals surface area contributed by atoms with Crippen molar-refractivity contribution < 1.29 is 24.2 Å². The van der Waals surface area contributed by atoms with Gasteiger partial charge in [-0.05, 0) is 118 Å². The Hall–Kier alpha value is -3.43. The molecule has 1 aliphatic heterocycles. The third-order valence-corrected chi connectivity index (χ3v) is 12.0. The van der Waals surface area contributed by atoms with Crippen LogP contribution in [0.2, 0.25) is 0 Å². The number of ether oxygens (including phenoxy) is 2. The number of rotatable bonds is 9. The van der Waals surface area contributed by atoms with Crippen LogP contribution in [0.3, 0.4) is 0 Å². The number of nitrogens with zero attached hydrogens (tertiary/aromatic N) is 3. The lowest BCUT2D eigenvalue weighted by Crippen LogP contribution is -2.54. The molecule has 1 N–H and O–H groups in total. The van der Waals surface area contributed by atoms with Crippen molar-refractivity contribution in [2.45, 2.75) is 95.2 Å². The van der Waals surface area contributed by atoms with Gasteiger partial charge in [0.25, 0.3) is 0 Å². The van der Waals surface area contributed by atoms with Crippen LogP contribution in [0.5, 0.6) is 5.75 Å². The Kier molecular flexibility index (Phi) is 9.55. The lowest BCUT2D eigenvalue weighted by molar-refractivity contribution is -0.124. The van der Waals surface area contributed by atoms with Gasteiger partial charge in [0.15, 0.2) is 0 Å². The predicted molar refractivity (Wildman–Crippen MR) is 184 cm³/mol. The smallest absolute Gasteiger partial charge is 0.410 e. The van der Waals surface area contributed by atoms with Crippen LogP contribution in [-0.2, 0) is 9.53 Å². The first-order valence-electron chi connectivity index (χ1n) is 17.5. The number of anilines is 1. The maximum atomic E-state index is 14.4. The average molecular weight is 658 g/mol. The van der Waals surface area contributed by atoms with Gasteiger partial charge >= 0.3 is 6.09 Å². The number of carbonyl (C=O) groups excluding carboxylic acids is 2. The molecule has 0 unspecified atom stereocenters. The maximum Gasteiger partial charge on any atom is 0.410 e. The predicted octanol–water partition coefficient (Wildman–Crippen LogP) is 7.68. The standard InChI is InChI=1S/C38H47N3O5S/c1-24-18-29(14-17-34(24)45-2)26-8-6-25(7-9-26)21-41(31-5-3-4-30(19-31)35-20-39-36(47-35)27-10-11-27)37(43)28-12-15-33(16-13-28)46-38(44)40-22-32(42)23-40/h3-5,14,17-20,25-28,32-33,42H,6-13,15-16,21-23H2,1-2H3/t25-,26-,28-,33-. The molecule has 3 saturated carbocycles. The number of amides is 2. The van der Waals surface area contributed by atoms with Crippen LogP contribution < -0.4 is 9.64 Å². The molecule has 4 aliphatic rings. The fourth-order valence-electron chi connectivity index (χ4n) is 7.65. The maximum absolute atomic E-state index is 14.4. The summed E-state index contributed by atoms with van der Waals surface area (Å²) in [6, 6.07) is 15.1. The number of aryl methyl sites for hydroxylation is 1. The van der Waals surface area contributed by atoms with Crippen LogP contribution >= 0.6 is 11.3 Å². The first-order chi connectivity index (χ1) is 22.8. The molecule has 8 nitrogen and oxygen atoms in total. The number of carbonyl (C=O) groups is 2. The Bertz CT molecular complexity index is 1560. The Morgan fingerprint density at radius 2 is 1.70 bits per heavy atom. The summed E-state index contributed by atoms with van der Waals surface area (Å²) in [6.45, 7) is 3.51. The van der Waals surface area contributed by atoms with E-state index in [9.17, 15) is 14.7 Å².